The van der Waals surface area contributed by atoms with Gasteiger partial charge in [0.05, 0.1) is 10.5 Å². The topological polar surface area (TPSA) is 98.5 Å². The maximum absolute atomic E-state index is 12.1. The summed E-state index contributed by atoms with van der Waals surface area (Å²) in [6.07, 6.45) is -1.08. The zero-order chi connectivity index (χ0) is 18.6. The molecule has 0 aromatic heterocycles. The van der Waals surface area contributed by atoms with Gasteiger partial charge in [-0.3, -0.25) is 14.9 Å². The maximum atomic E-state index is 12.1. The van der Waals surface area contributed by atoms with Gasteiger partial charge in [0.1, 0.15) is 5.02 Å². The van der Waals surface area contributed by atoms with E-state index in [1.807, 2.05) is 13.0 Å². The molecular weight excluding hydrogens is 348 g/mol. The molecule has 0 saturated carbocycles. The van der Waals surface area contributed by atoms with Gasteiger partial charge in [0.2, 0.25) is 0 Å². The number of anilines is 1. The Morgan fingerprint density at radius 2 is 1.96 bits per heavy atom. The van der Waals surface area contributed by atoms with E-state index in [1.54, 1.807) is 18.2 Å². The van der Waals surface area contributed by atoms with Crippen LogP contribution >= 0.6 is 11.6 Å². The Morgan fingerprint density at radius 1 is 1.24 bits per heavy atom. The second-order valence-corrected chi connectivity index (χ2v) is 5.74. The minimum absolute atomic E-state index is 0.0636. The van der Waals surface area contributed by atoms with Crippen LogP contribution < -0.4 is 5.32 Å². The third-order valence-electron chi connectivity index (χ3n) is 3.32. The molecular formula is C17H15ClN2O5. The number of esters is 1. The summed E-state index contributed by atoms with van der Waals surface area (Å²) in [4.78, 5) is 34.3. The average Bonchev–Trinajstić information content (AvgIpc) is 2.54. The Hall–Kier alpha value is -2.93. The summed E-state index contributed by atoms with van der Waals surface area (Å²) in [6, 6.07) is 10.7. The molecule has 0 heterocycles. The molecule has 0 fully saturated rings. The number of rotatable bonds is 5. The summed E-state index contributed by atoms with van der Waals surface area (Å²) in [5.74, 6) is -1.37. The van der Waals surface area contributed by atoms with Crippen molar-refractivity contribution >= 4 is 34.9 Å². The molecule has 8 heteroatoms. The quantitative estimate of drug-likeness (QED) is 0.496. The van der Waals surface area contributed by atoms with Crippen molar-refractivity contribution in [3.05, 3.63) is 68.7 Å². The number of carbonyl (C=O) groups is 2. The number of nitro benzene ring substituents is 1. The van der Waals surface area contributed by atoms with E-state index < -0.39 is 28.6 Å². The number of nitrogens with zero attached hydrogens (tertiary/aromatic N) is 1. The third kappa shape index (κ3) is 4.77. The van der Waals surface area contributed by atoms with Gasteiger partial charge in [0.15, 0.2) is 6.10 Å². The first kappa shape index (κ1) is 18.4. The number of hydrogen-bond acceptors (Lipinski definition) is 5. The standard InChI is InChI=1S/C17H15ClN2O5/c1-10-4-3-5-13(8-10)19-16(21)11(2)25-17(22)12-6-7-14(18)15(9-12)20(23)24/h3-9,11H,1-2H3,(H,19,21)/t11-/m0/s1. The number of aryl methyl sites for hydroxylation is 1. The van der Waals surface area contributed by atoms with Crippen molar-refractivity contribution in [2.24, 2.45) is 0 Å². The van der Waals surface area contributed by atoms with Crippen LogP contribution in [0.3, 0.4) is 0 Å². The van der Waals surface area contributed by atoms with Crippen molar-refractivity contribution in [1.82, 2.24) is 0 Å². The molecule has 130 valence electrons. The number of halogens is 1. The van der Waals surface area contributed by atoms with E-state index in [9.17, 15) is 19.7 Å². The summed E-state index contributed by atoms with van der Waals surface area (Å²) >= 11 is 5.70. The maximum Gasteiger partial charge on any atom is 0.339 e. The fourth-order valence-electron chi connectivity index (χ4n) is 2.03. The Kier molecular flexibility index (Phi) is 5.71. The lowest BCUT2D eigenvalue weighted by Crippen LogP contribution is -2.30. The second kappa shape index (κ2) is 7.76. The van der Waals surface area contributed by atoms with Crippen LogP contribution in [0.15, 0.2) is 42.5 Å². The fraction of sp³-hybridized carbons (Fsp3) is 0.176. The minimum atomic E-state index is -1.08. The number of ether oxygens (including phenoxy) is 1. The Morgan fingerprint density at radius 3 is 2.60 bits per heavy atom. The highest BCUT2D eigenvalue weighted by Crippen LogP contribution is 2.25. The van der Waals surface area contributed by atoms with Crippen LogP contribution in [-0.2, 0) is 9.53 Å². The van der Waals surface area contributed by atoms with Crippen molar-refractivity contribution in [3.8, 4) is 0 Å². The number of nitrogens with one attached hydrogen (secondary N) is 1. The molecule has 0 aliphatic heterocycles. The Balaban J connectivity index is 2.05. The van der Waals surface area contributed by atoms with Crippen LogP contribution in [0.25, 0.3) is 0 Å². The van der Waals surface area contributed by atoms with Gasteiger partial charge in [0.25, 0.3) is 11.6 Å². The van der Waals surface area contributed by atoms with Crippen LogP contribution in [-0.4, -0.2) is 22.9 Å². The van der Waals surface area contributed by atoms with Crippen molar-refractivity contribution in [2.45, 2.75) is 20.0 Å². The molecule has 0 bridgehead atoms. The van der Waals surface area contributed by atoms with E-state index in [0.717, 1.165) is 11.6 Å². The molecule has 2 rings (SSSR count). The molecule has 1 N–H and O–H groups in total. The molecule has 1 atom stereocenters. The van der Waals surface area contributed by atoms with E-state index in [2.05, 4.69) is 5.32 Å². The first-order valence-corrected chi connectivity index (χ1v) is 7.68. The van der Waals surface area contributed by atoms with Gasteiger partial charge in [0, 0.05) is 11.8 Å². The number of hydrogen-bond donors (Lipinski definition) is 1. The average molecular weight is 363 g/mol. The predicted octanol–water partition coefficient (Wildman–Crippen LogP) is 3.74. The van der Waals surface area contributed by atoms with Gasteiger partial charge in [-0.25, -0.2) is 4.79 Å². The molecule has 2 aromatic rings. The molecule has 25 heavy (non-hydrogen) atoms. The number of amides is 1. The lowest BCUT2D eigenvalue weighted by atomic mass is 10.2. The fourth-order valence-corrected chi connectivity index (χ4v) is 2.21. The zero-order valence-corrected chi connectivity index (χ0v) is 14.2. The molecule has 0 saturated heterocycles. The van der Waals surface area contributed by atoms with Crippen molar-refractivity contribution in [2.75, 3.05) is 5.32 Å². The number of nitro groups is 1. The summed E-state index contributed by atoms with van der Waals surface area (Å²) in [5, 5.41) is 13.4. The molecule has 0 unspecified atom stereocenters. The third-order valence-corrected chi connectivity index (χ3v) is 3.64. The van der Waals surface area contributed by atoms with E-state index >= 15 is 0 Å². The number of benzene rings is 2. The van der Waals surface area contributed by atoms with Crippen molar-refractivity contribution < 1.29 is 19.2 Å². The van der Waals surface area contributed by atoms with Crippen LogP contribution in [0.5, 0.6) is 0 Å². The molecule has 0 aliphatic rings. The molecule has 2 aromatic carbocycles. The highest BCUT2D eigenvalue weighted by Gasteiger charge is 2.22. The van der Waals surface area contributed by atoms with Crippen molar-refractivity contribution in [3.63, 3.8) is 0 Å². The normalized spacial score (nSPS) is 11.5. The van der Waals surface area contributed by atoms with E-state index in [0.29, 0.717) is 5.69 Å². The van der Waals surface area contributed by atoms with Gasteiger partial charge < -0.3 is 10.1 Å². The lowest BCUT2D eigenvalue weighted by Gasteiger charge is -2.14. The first-order valence-electron chi connectivity index (χ1n) is 7.30. The molecule has 7 nitrogen and oxygen atoms in total. The van der Waals surface area contributed by atoms with Crippen LogP contribution in [0.4, 0.5) is 11.4 Å². The van der Waals surface area contributed by atoms with Gasteiger partial charge >= 0.3 is 5.97 Å². The SMILES string of the molecule is Cc1cccc(NC(=O)[C@H](C)OC(=O)c2ccc(Cl)c([N+](=O)[O-])c2)c1. The molecule has 0 aliphatic carbocycles. The Labute approximate surface area is 148 Å². The molecule has 0 spiro atoms. The zero-order valence-electron chi connectivity index (χ0n) is 13.5. The smallest absolute Gasteiger partial charge is 0.339 e. The van der Waals surface area contributed by atoms with Crippen LogP contribution in [0, 0.1) is 17.0 Å². The van der Waals surface area contributed by atoms with E-state index in [4.69, 9.17) is 16.3 Å². The second-order valence-electron chi connectivity index (χ2n) is 5.33. The Bertz CT molecular complexity index is 838. The van der Waals surface area contributed by atoms with E-state index in [-0.39, 0.29) is 10.6 Å². The van der Waals surface area contributed by atoms with Gasteiger partial charge in [-0.15, -0.1) is 0 Å². The molecule has 0 radical (unpaired) electrons. The van der Waals surface area contributed by atoms with Gasteiger partial charge in [-0.05, 0) is 43.7 Å². The highest BCUT2D eigenvalue weighted by molar-refractivity contribution is 6.32. The van der Waals surface area contributed by atoms with Crippen LogP contribution in [0.1, 0.15) is 22.8 Å². The first-order chi connectivity index (χ1) is 11.8. The minimum Gasteiger partial charge on any atom is -0.449 e. The summed E-state index contributed by atoms with van der Waals surface area (Å²) in [6.45, 7) is 3.29. The highest BCUT2D eigenvalue weighted by atomic mass is 35.5. The number of carbonyl (C=O) groups excluding carboxylic acids is 2. The largest absolute Gasteiger partial charge is 0.449 e. The monoisotopic (exact) mass is 362 g/mol. The van der Waals surface area contributed by atoms with Gasteiger partial charge in [-0.2, -0.15) is 0 Å². The van der Waals surface area contributed by atoms with Crippen molar-refractivity contribution in [1.29, 1.82) is 0 Å². The van der Waals surface area contributed by atoms with E-state index in [1.165, 1.54) is 19.1 Å². The van der Waals surface area contributed by atoms with Gasteiger partial charge in [-0.1, -0.05) is 23.7 Å². The van der Waals surface area contributed by atoms with Crippen LogP contribution in [0.2, 0.25) is 5.02 Å². The molecule has 1 amide bonds. The summed E-state index contributed by atoms with van der Waals surface area (Å²) in [7, 11) is 0. The summed E-state index contributed by atoms with van der Waals surface area (Å²) < 4.78 is 5.06. The lowest BCUT2D eigenvalue weighted by molar-refractivity contribution is -0.384. The summed E-state index contributed by atoms with van der Waals surface area (Å²) in [5.41, 5.74) is 1.07. The predicted molar refractivity (Wildman–Crippen MR) is 92.8 cm³/mol.